The highest BCUT2D eigenvalue weighted by atomic mass is 19.4. The lowest BCUT2D eigenvalue weighted by molar-refractivity contribution is -0.225. The molecule has 0 aromatic heterocycles. The van der Waals surface area contributed by atoms with Crippen molar-refractivity contribution in [1.29, 1.82) is 0 Å². The number of halogens is 3. The van der Waals surface area contributed by atoms with Crippen molar-refractivity contribution >= 4 is 0 Å². The van der Waals surface area contributed by atoms with Crippen LogP contribution >= 0.6 is 0 Å². The Balaban J connectivity index is 2.24. The Bertz CT molecular complexity index is 208. The molecule has 2 nitrogen and oxygen atoms in total. The molecule has 0 amide bonds. The van der Waals surface area contributed by atoms with E-state index in [1.807, 2.05) is 4.90 Å². The van der Waals surface area contributed by atoms with Gasteiger partial charge in [-0.1, -0.05) is 0 Å². The first-order valence-electron chi connectivity index (χ1n) is 4.51. The third-order valence-corrected chi connectivity index (χ3v) is 3.33. The van der Waals surface area contributed by atoms with E-state index in [1.54, 1.807) is 0 Å². The van der Waals surface area contributed by atoms with Crippen molar-refractivity contribution in [3.05, 3.63) is 0 Å². The molecule has 0 radical (unpaired) electrons. The predicted molar refractivity (Wildman–Crippen MR) is 42.1 cm³/mol. The molecule has 13 heavy (non-hydrogen) atoms. The van der Waals surface area contributed by atoms with E-state index in [0.29, 0.717) is 12.8 Å². The highest BCUT2D eigenvalue weighted by Gasteiger charge is 2.60. The fourth-order valence-electron chi connectivity index (χ4n) is 2.43. The van der Waals surface area contributed by atoms with Gasteiger partial charge in [-0.15, -0.1) is 0 Å². The topological polar surface area (TPSA) is 29.3 Å². The summed E-state index contributed by atoms with van der Waals surface area (Å²) >= 11 is 0. The van der Waals surface area contributed by atoms with E-state index in [-0.39, 0.29) is 12.5 Å². The number of piperidine rings is 3. The summed E-state index contributed by atoms with van der Waals surface area (Å²) in [7, 11) is 0. The second-order valence-corrected chi connectivity index (χ2v) is 4.09. The summed E-state index contributed by atoms with van der Waals surface area (Å²) in [5, 5.41) is 0. The molecule has 3 aliphatic rings. The number of nitrogens with two attached hydrogens (primary N) is 1. The first-order valence-corrected chi connectivity index (χ1v) is 4.51. The maximum atomic E-state index is 12.6. The predicted octanol–water partition coefficient (Wildman–Crippen LogP) is 0.972. The molecule has 2 bridgehead atoms. The first-order chi connectivity index (χ1) is 5.93. The van der Waals surface area contributed by atoms with Gasteiger partial charge in [0.25, 0.3) is 0 Å². The number of alkyl halides is 3. The Kier molecular flexibility index (Phi) is 1.86. The zero-order chi connectivity index (χ0) is 9.69. The monoisotopic (exact) mass is 194 g/mol. The summed E-state index contributed by atoms with van der Waals surface area (Å²) in [4.78, 5) is 1.81. The number of nitrogens with zero attached hydrogens (tertiary/aromatic N) is 1. The smallest absolute Gasteiger partial charge is 0.316 e. The summed E-state index contributed by atoms with van der Waals surface area (Å²) in [6, 6.07) is 0. The van der Waals surface area contributed by atoms with Gasteiger partial charge >= 0.3 is 6.18 Å². The van der Waals surface area contributed by atoms with Crippen LogP contribution in [0.5, 0.6) is 0 Å². The third kappa shape index (κ3) is 1.25. The maximum Gasteiger partial charge on any atom is 0.407 e. The van der Waals surface area contributed by atoms with Crippen LogP contribution < -0.4 is 5.73 Å². The molecule has 3 aliphatic heterocycles. The number of hydrogen-bond acceptors (Lipinski definition) is 2. The van der Waals surface area contributed by atoms with E-state index in [1.165, 1.54) is 0 Å². The van der Waals surface area contributed by atoms with Crippen molar-refractivity contribution in [2.45, 2.75) is 24.6 Å². The first kappa shape index (κ1) is 9.27. The fraction of sp³-hybridized carbons (Fsp3) is 1.00. The SMILES string of the molecule is N[C@]1(C(F)(F)F)CN2CCC1CC2. The molecule has 2 N–H and O–H groups in total. The molecule has 3 rings (SSSR count). The lowest BCUT2D eigenvalue weighted by Gasteiger charge is -2.51. The zero-order valence-corrected chi connectivity index (χ0v) is 7.27. The lowest BCUT2D eigenvalue weighted by atomic mass is 9.73. The molecular formula is C8H13F3N2. The molecular weight excluding hydrogens is 181 g/mol. The van der Waals surface area contributed by atoms with E-state index >= 15 is 0 Å². The van der Waals surface area contributed by atoms with Gasteiger partial charge in [0.15, 0.2) is 0 Å². The van der Waals surface area contributed by atoms with Crippen molar-refractivity contribution in [2.24, 2.45) is 11.7 Å². The molecule has 0 saturated carbocycles. The quantitative estimate of drug-likeness (QED) is 0.622. The zero-order valence-electron chi connectivity index (χ0n) is 7.27. The van der Waals surface area contributed by atoms with Gasteiger partial charge in [0.1, 0.15) is 5.54 Å². The van der Waals surface area contributed by atoms with Crippen molar-refractivity contribution in [3.8, 4) is 0 Å². The highest BCUT2D eigenvalue weighted by Crippen LogP contribution is 2.43. The summed E-state index contributed by atoms with van der Waals surface area (Å²) in [6.45, 7) is 1.54. The standard InChI is InChI=1S/C8H13F3N2/c9-8(10,11)7(12)5-13-3-1-6(7)2-4-13/h6H,1-5,12H2/t7-/m1/s1. The van der Waals surface area contributed by atoms with Crippen LogP contribution in [0.4, 0.5) is 13.2 Å². The van der Waals surface area contributed by atoms with Crippen molar-refractivity contribution in [3.63, 3.8) is 0 Å². The van der Waals surface area contributed by atoms with E-state index in [2.05, 4.69) is 0 Å². The van der Waals surface area contributed by atoms with Crippen molar-refractivity contribution < 1.29 is 13.2 Å². The van der Waals surface area contributed by atoms with Gasteiger partial charge in [0.05, 0.1) is 0 Å². The van der Waals surface area contributed by atoms with Crippen LogP contribution in [0.15, 0.2) is 0 Å². The molecule has 0 aromatic rings. The molecule has 0 aromatic carbocycles. The molecule has 0 unspecified atom stereocenters. The van der Waals surface area contributed by atoms with E-state index in [9.17, 15) is 13.2 Å². The highest BCUT2D eigenvalue weighted by molar-refractivity contribution is 5.06. The Morgan fingerprint density at radius 2 is 1.77 bits per heavy atom. The van der Waals surface area contributed by atoms with Gasteiger partial charge in [-0.2, -0.15) is 13.2 Å². The van der Waals surface area contributed by atoms with Crippen molar-refractivity contribution in [2.75, 3.05) is 19.6 Å². The minimum Gasteiger partial charge on any atom is -0.316 e. The van der Waals surface area contributed by atoms with Crippen LogP contribution in [-0.4, -0.2) is 36.2 Å². The van der Waals surface area contributed by atoms with Crippen LogP contribution in [0.3, 0.4) is 0 Å². The van der Waals surface area contributed by atoms with Gasteiger partial charge < -0.3 is 10.6 Å². The number of fused-ring (bicyclic) bond motifs is 3. The minimum atomic E-state index is -4.25. The van der Waals surface area contributed by atoms with E-state index < -0.39 is 11.7 Å². The Morgan fingerprint density at radius 3 is 2.00 bits per heavy atom. The molecule has 3 heterocycles. The third-order valence-electron chi connectivity index (χ3n) is 3.33. The normalized spacial score (nSPS) is 45.2. The van der Waals surface area contributed by atoms with Crippen LogP contribution in [0.25, 0.3) is 0 Å². The molecule has 5 heteroatoms. The Morgan fingerprint density at radius 1 is 1.23 bits per heavy atom. The average molecular weight is 194 g/mol. The number of rotatable bonds is 0. The molecule has 1 atom stereocenters. The van der Waals surface area contributed by atoms with Gasteiger partial charge in [-0.3, -0.25) is 0 Å². The fourth-order valence-corrected chi connectivity index (χ4v) is 2.43. The lowest BCUT2D eigenvalue weighted by Crippen LogP contribution is -2.70. The van der Waals surface area contributed by atoms with Crippen LogP contribution in [0.2, 0.25) is 0 Å². The van der Waals surface area contributed by atoms with Crippen LogP contribution in [-0.2, 0) is 0 Å². The molecule has 3 fully saturated rings. The Hall–Kier alpha value is -0.290. The van der Waals surface area contributed by atoms with E-state index in [4.69, 9.17) is 5.73 Å². The molecule has 76 valence electrons. The number of hydrogen-bond donors (Lipinski definition) is 1. The minimum absolute atomic E-state index is 0.0127. The van der Waals surface area contributed by atoms with E-state index in [0.717, 1.165) is 13.1 Å². The average Bonchev–Trinajstić information content (AvgIpc) is 2.04. The van der Waals surface area contributed by atoms with Gasteiger partial charge in [-0.05, 0) is 31.8 Å². The second kappa shape index (κ2) is 2.60. The van der Waals surface area contributed by atoms with Crippen LogP contribution in [0, 0.1) is 5.92 Å². The largest absolute Gasteiger partial charge is 0.407 e. The van der Waals surface area contributed by atoms with Gasteiger partial charge in [0, 0.05) is 6.54 Å². The summed E-state index contributed by atoms with van der Waals surface area (Å²) in [5.74, 6) is -0.363. The summed E-state index contributed by atoms with van der Waals surface area (Å²) in [6.07, 6.45) is -3.07. The summed E-state index contributed by atoms with van der Waals surface area (Å²) in [5.41, 5.74) is 3.51. The molecule has 0 aliphatic carbocycles. The van der Waals surface area contributed by atoms with Crippen LogP contribution in [0.1, 0.15) is 12.8 Å². The molecule has 0 spiro atoms. The maximum absolute atomic E-state index is 12.6. The Labute approximate surface area is 74.9 Å². The molecule has 3 saturated heterocycles. The van der Waals surface area contributed by atoms with Crippen molar-refractivity contribution in [1.82, 2.24) is 4.90 Å². The van der Waals surface area contributed by atoms with Gasteiger partial charge in [-0.25, -0.2) is 0 Å². The second-order valence-electron chi connectivity index (χ2n) is 4.09. The summed E-state index contributed by atoms with van der Waals surface area (Å²) < 4.78 is 37.9. The van der Waals surface area contributed by atoms with Gasteiger partial charge in [0.2, 0.25) is 0 Å².